The predicted octanol–water partition coefficient (Wildman–Crippen LogP) is 4.21. The molecule has 0 spiro atoms. The van der Waals surface area contributed by atoms with E-state index < -0.39 is 4.92 Å². The molecular weight excluding hydrogens is 390 g/mol. The molecule has 0 aliphatic carbocycles. The van der Waals surface area contributed by atoms with E-state index in [9.17, 15) is 15.2 Å². The van der Waals surface area contributed by atoms with Crippen LogP contribution in [0, 0.1) is 10.1 Å². The minimum absolute atomic E-state index is 0.125. The number of rotatable bonds is 6. The molecule has 0 saturated heterocycles. The largest absolute Gasteiger partial charge is 0.502 e. The van der Waals surface area contributed by atoms with Gasteiger partial charge in [-0.25, -0.2) is 0 Å². The molecular formula is C21H18N3O4S+. The number of nitrogens with zero attached hydrogens (tertiary/aromatic N) is 2. The lowest BCUT2D eigenvalue weighted by atomic mass is 10.1. The number of nitro benzene ring substituents is 1. The average Bonchev–Trinajstić information content (AvgIpc) is 2.75. The normalized spacial score (nSPS) is 11.3. The number of aromatic nitrogens is 1. The van der Waals surface area contributed by atoms with Crippen LogP contribution in [-0.2, 0) is 0 Å². The van der Waals surface area contributed by atoms with Gasteiger partial charge in [-0.2, -0.15) is 4.57 Å². The number of hydrogen-bond acceptors (Lipinski definition) is 5. The molecule has 0 atom stereocenters. The van der Waals surface area contributed by atoms with E-state index in [0.717, 1.165) is 0 Å². The van der Waals surface area contributed by atoms with Gasteiger partial charge in [-0.15, -0.1) is 0 Å². The Morgan fingerprint density at radius 1 is 1.10 bits per heavy atom. The Labute approximate surface area is 172 Å². The van der Waals surface area contributed by atoms with Gasteiger partial charge in [-0.05, 0) is 24.3 Å². The summed E-state index contributed by atoms with van der Waals surface area (Å²) in [6, 6.07) is 18.3. The topological polar surface area (TPSA) is 88.5 Å². The first-order valence-corrected chi connectivity index (χ1v) is 9.00. The molecule has 0 aliphatic rings. The van der Waals surface area contributed by atoms with Gasteiger partial charge < -0.3 is 15.2 Å². The fourth-order valence-electron chi connectivity index (χ4n) is 2.66. The summed E-state index contributed by atoms with van der Waals surface area (Å²) in [6.07, 6.45) is 3.45. The number of non-ortho nitro benzene ring substituents is 1. The van der Waals surface area contributed by atoms with Crippen molar-refractivity contribution < 1.29 is 19.3 Å². The number of anilines is 1. The highest BCUT2D eigenvalue weighted by molar-refractivity contribution is 7.81. The number of nitrogens with one attached hydrogen (secondary N) is 1. The second kappa shape index (κ2) is 8.94. The highest BCUT2D eigenvalue weighted by atomic mass is 32.1. The Morgan fingerprint density at radius 2 is 1.79 bits per heavy atom. The third-order valence-corrected chi connectivity index (χ3v) is 4.39. The second-order valence-electron chi connectivity index (χ2n) is 5.97. The van der Waals surface area contributed by atoms with Crippen LogP contribution in [0.3, 0.4) is 0 Å². The van der Waals surface area contributed by atoms with Crippen molar-refractivity contribution in [2.75, 3.05) is 12.4 Å². The lowest BCUT2D eigenvalue weighted by Gasteiger charge is -2.10. The number of nitro groups is 1. The highest BCUT2D eigenvalue weighted by Crippen LogP contribution is 2.23. The number of ether oxygens (including phenoxy) is 1. The summed E-state index contributed by atoms with van der Waals surface area (Å²) in [5, 5.41) is 25.1. The third kappa shape index (κ3) is 4.74. The lowest BCUT2D eigenvalue weighted by molar-refractivity contribution is -0.575. The quantitative estimate of drug-likeness (QED) is 0.159. The van der Waals surface area contributed by atoms with E-state index in [-0.39, 0.29) is 27.7 Å². The second-order valence-corrected chi connectivity index (χ2v) is 6.38. The Hall–Kier alpha value is -3.78. The summed E-state index contributed by atoms with van der Waals surface area (Å²) in [4.78, 5) is 10.8. The summed E-state index contributed by atoms with van der Waals surface area (Å²) in [7, 11) is 1.58. The highest BCUT2D eigenvalue weighted by Gasteiger charge is 2.24. The molecule has 0 unspecified atom stereocenters. The first-order chi connectivity index (χ1) is 14.0. The van der Waals surface area contributed by atoms with E-state index in [1.807, 2.05) is 6.07 Å². The zero-order valence-electron chi connectivity index (χ0n) is 15.5. The molecule has 7 nitrogen and oxygen atoms in total. The van der Waals surface area contributed by atoms with Crippen LogP contribution >= 0.6 is 12.2 Å². The van der Waals surface area contributed by atoms with Crippen molar-refractivity contribution in [1.82, 2.24) is 0 Å². The molecule has 8 heteroatoms. The van der Waals surface area contributed by atoms with Crippen LogP contribution in [0.15, 0.2) is 79.1 Å². The van der Waals surface area contributed by atoms with E-state index in [0.29, 0.717) is 11.4 Å². The molecule has 0 saturated carbocycles. The van der Waals surface area contributed by atoms with Crippen LogP contribution in [-0.4, -0.2) is 22.1 Å². The average molecular weight is 408 g/mol. The van der Waals surface area contributed by atoms with Crippen LogP contribution in [0.25, 0.3) is 11.5 Å². The van der Waals surface area contributed by atoms with Gasteiger partial charge in [0.1, 0.15) is 5.75 Å². The Balaban J connectivity index is 2.04. The molecule has 3 rings (SSSR count). The number of methoxy groups -OCH3 is 1. The Morgan fingerprint density at radius 3 is 2.41 bits per heavy atom. The molecule has 2 N–H and O–H groups in total. The van der Waals surface area contributed by atoms with Crippen molar-refractivity contribution in [2.24, 2.45) is 0 Å². The van der Waals surface area contributed by atoms with Crippen LogP contribution in [0.4, 0.5) is 11.4 Å². The van der Waals surface area contributed by atoms with Crippen LogP contribution in [0.1, 0.15) is 5.56 Å². The van der Waals surface area contributed by atoms with Gasteiger partial charge in [0, 0.05) is 35.5 Å². The standard InChI is InChI=1S/C21H17N3O4S/c1-28-18-10-8-16(9-11-18)22-21(29)19(23-12-3-2-4-13-23)20(25)15-6-5-7-17(14-15)24(26)27/h2-14H,1H3,(H-,22,25,29)/p+1. The number of hydrogen-bond donors (Lipinski definition) is 2. The number of benzene rings is 2. The van der Waals surface area contributed by atoms with E-state index in [1.54, 1.807) is 66.5 Å². The zero-order valence-corrected chi connectivity index (χ0v) is 16.3. The number of pyridine rings is 1. The van der Waals surface area contributed by atoms with Crippen LogP contribution in [0.5, 0.6) is 5.75 Å². The van der Waals surface area contributed by atoms with Crippen LogP contribution in [0.2, 0.25) is 0 Å². The molecule has 0 aliphatic heterocycles. The van der Waals surface area contributed by atoms with E-state index in [1.165, 1.54) is 18.2 Å². The zero-order chi connectivity index (χ0) is 20.8. The molecule has 1 heterocycles. The molecule has 0 radical (unpaired) electrons. The van der Waals surface area contributed by atoms with E-state index in [4.69, 9.17) is 17.0 Å². The molecule has 146 valence electrons. The number of thiocarbonyl (C=S) groups is 1. The Bertz CT molecular complexity index is 1070. The lowest BCUT2D eigenvalue weighted by Crippen LogP contribution is -2.38. The minimum Gasteiger partial charge on any atom is -0.502 e. The maximum atomic E-state index is 11.1. The first-order valence-electron chi connectivity index (χ1n) is 8.59. The van der Waals surface area contributed by atoms with Crippen LogP contribution < -0.4 is 14.6 Å². The van der Waals surface area contributed by atoms with Gasteiger partial charge >= 0.3 is 0 Å². The molecule has 3 aromatic rings. The molecule has 29 heavy (non-hydrogen) atoms. The van der Waals surface area contributed by atoms with Crippen molar-refractivity contribution in [3.05, 3.63) is 94.8 Å². The van der Waals surface area contributed by atoms with Crippen molar-refractivity contribution in [3.63, 3.8) is 0 Å². The first kappa shape index (κ1) is 20.0. The van der Waals surface area contributed by atoms with E-state index in [2.05, 4.69) is 5.32 Å². The molecule has 0 amide bonds. The summed E-state index contributed by atoms with van der Waals surface area (Å²) in [5.41, 5.74) is 1.15. The van der Waals surface area contributed by atoms with Crippen molar-refractivity contribution in [3.8, 4) is 5.75 Å². The van der Waals surface area contributed by atoms with Crippen molar-refractivity contribution in [1.29, 1.82) is 0 Å². The SMILES string of the molecule is COc1ccc(NC(=S)/C(=C(\O)c2cccc([N+](=O)[O-])c2)[n+]2ccccc2)cc1. The molecule has 1 aromatic heterocycles. The van der Waals surface area contributed by atoms with Gasteiger partial charge in [0.05, 0.1) is 12.0 Å². The molecule has 2 aromatic carbocycles. The Kier molecular flexibility index (Phi) is 6.16. The van der Waals surface area contributed by atoms with Crippen molar-refractivity contribution in [2.45, 2.75) is 0 Å². The van der Waals surface area contributed by atoms with Crippen molar-refractivity contribution >= 4 is 40.0 Å². The summed E-state index contributed by atoms with van der Waals surface area (Å²) in [5.74, 6) is 0.519. The van der Waals surface area contributed by atoms with Gasteiger partial charge in [0.25, 0.3) is 11.4 Å². The van der Waals surface area contributed by atoms with Gasteiger partial charge in [-0.1, -0.05) is 30.4 Å². The maximum Gasteiger partial charge on any atom is 0.288 e. The molecule has 0 fully saturated rings. The predicted molar refractivity (Wildman–Crippen MR) is 115 cm³/mol. The smallest absolute Gasteiger partial charge is 0.288 e. The summed E-state index contributed by atoms with van der Waals surface area (Å²) >= 11 is 5.55. The third-order valence-electron chi connectivity index (χ3n) is 4.09. The number of aliphatic hydroxyl groups is 1. The summed E-state index contributed by atoms with van der Waals surface area (Å²) < 4.78 is 6.79. The fourth-order valence-corrected chi connectivity index (χ4v) is 2.98. The fraction of sp³-hybridized carbons (Fsp3) is 0.0476. The monoisotopic (exact) mass is 408 g/mol. The van der Waals surface area contributed by atoms with Gasteiger partial charge in [0.15, 0.2) is 23.1 Å². The molecule has 0 bridgehead atoms. The minimum atomic E-state index is -0.514. The number of aliphatic hydroxyl groups excluding tert-OH is 1. The van der Waals surface area contributed by atoms with Gasteiger partial charge in [-0.3, -0.25) is 10.1 Å². The van der Waals surface area contributed by atoms with Gasteiger partial charge in [0.2, 0.25) is 0 Å². The summed E-state index contributed by atoms with van der Waals surface area (Å²) in [6.45, 7) is 0. The maximum absolute atomic E-state index is 11.1. The van der Waals surface area contributed by atoms with E-state index >= 15 is 0 Å².